The Labute approximate surface area is 134 Å². The molecule has 0 spiro atoms. The van der Waals surface area contributed by atoms with Crippen molar-refractivity contribution in [2.75, 3.05) is 0 Å². The SMILES string of the molecule is CC(C)(C)OOC(=O)c1cccc(C(C)(C)C)c1C(C)(C)C. The summed E-state index contributed by atoms with van der Waals surface area (Å²) >= 11 is 0. The van der Waals surface area contributed by atoms with Crippen molar-refractivity contribution >= 4 is 5.97 Å². The summed E-state index contributed by atoms with van der Waals surface area (Å²) in [6.45, 7) is 18.3. The maximum absolute atomic E-state index is 12.5. The zero-order valence-corrected chi connectivity index (χ0v) is 15.5. The van der Waals surface area contributed by atoms with Crippen LogP contribution in [0.25, 0.3) is 0 Å². The van der Waals surface area contributed by atoms with Gasteiger partial charge in [0, 0.05) is 0 Å². The average Bonchev–Trinajstić information content (AvgIpc) is 2.32. The molecule has 0 aromatic heterocycles. The molecule has 3 nitrogen and oxygen atoms in total. The molecule has 1 rings (SSSR count). The molecule has 22 heavy (non-hydrogen) atoms. The fourth-order valence-electron chi connectivity index (χ4n) is 2.36. The Morgan fingerprint density at radius 2 is 1.41 bits per heavy atom. The average molecular weight is 306 g/mol. The van der Waals surface area contributed by atoms with Crippen molar-refractivity contribution in [3.05, 3.63) is 34.9 Å². The standard InChI is InChI=1S/C19H30O3/c1-17(2,3)14-12-10-11-13(15(14)18(4,5)6)16(20)21-22-19(7,8)9/h10-12H,1-9H3. The lowest BCUT2D eigenvalue weighted by molar-refractivity contribution is -0.301. The summed E-state index contributed by atoms with van der Waals surface area (Å²) in [6.07, 6.45) is 0. The Balaban J connectivity index is 3.34. The van der Waals surface area contributed by atoms with Crippen LogP contribution in [0.1, 0.15) is 83.8 Å². The Morgan fingerprint density at radius 1 is 0.864 bits per heavy atom. The second kappa shape index (κ2) is 6.04. The number of benzene rings is 1. The number of rotatable bonds is 2. The second-order valence-electron chi connectivity index (χ2n) is 8.79. The van der Waals surface area contributed by atoms with Crippen LogP contribution in [0.3, 0.4) is 0 Å². The van der Waals surface area contributed by atoms with E-state index in [9.17, 15) is 4.79 Å². The highest BCUT2D eigenvalue weighted by Crippen LogP contribution is 2.36. The molecule has 3 heteroatoms. The van der Waals surface area contributed by atoms with E-state index in [0.717, 1.165) is 11.1 Å². The Hall–Kier alpha value is -1.35. The number of carbonyl (C=O) groups excluding carboxylic acids is 1. The third kappa shape index (κ3) is 4.84. The van der Waals surface area contributed by atoms with Gasteiger partial charge in [-0.15, -0.1) is 0 Å². The maximum atomic E-state index is 12.5. The van der Waals surface area contributed by atoms with Gasteiger partial charge in [0.05, 0.1) is 5.56 Å². The van der Waals surface area contributed by atoms with E-state index >= 15 is 0 Å². The maximum Gasteiger partial charge on any atom is 0.373 e. The molecular formula is C19H30O3. The van der Waals surface area contributed by atoms with Crippen molar-refractivity contribution in [3.63, 3.8) is 0 Å². The summed E-state index contributed by atoms with van der Waals surface area (Å²) in [4.78, 5) is 22.7. The van der Waals surface area contributed by atoms with Gasteiger partial charge in [-0.1, -0.05) is 53.7 Å². The topological polar surface area (TPSA) is 35.5 Å². The summed E-state index contributed by atoms with van der Waals surface area (Å²) < 4.78 is 0. The fraction of sp³-hybridized carbons (Fsp3) is 0.632. The molecule has 0 N–H and O–H groups in total. The first-order valence-electron chi connectivity index (χ1n) is 7.77. The lowest BCUT2D eigenvalue weighted by Crippen LogP contribution is -2.27. The van der Waals surface area contributed by atoms with E-state index < -0.39 is 11.6 Å². The Morgan fingerprint density at radius 3 is 1.82 bits per heavy atom. The molecule has 0 unspecified atom stereocenters. The normalized spacial score (nSPS) is 13.1. The van der Waals surface area contributed by atoms with Crippen molar-refractivity contribution in [2.45, 2.75) is 78.7 Å². The highest BCUT2D eigenvalue weighted by atomic mass is 17.2. The van der Waals surface area contributed by atoms with Crippen molar-refractivity contribution in [1.82, 2.24) is 0 Å². The zero-order valence-electron chi connectivity index (χ0n) is 15.5. The van der Waals surface area contributed by atoms with Gasteiger partial charge in [-0.25, -0.2) is 4.79 Å². The van der Waals surface area contributed by atoms with Crippen LogP contribution in [-0.4, -0.2) is 11.6 Å². The molecule has 0 radical (unpaired) electrons. The molecular weight excluding hydrogens is 276 g/mol. The van der Waals surface area contributed by atoms with Gasteiger partial charge in [-0.3, -0.25) is 4.89 Å². The Bertz CT molecular complexity index is 537. The molecule has 0 amide bonds. The van der Waals surface area contributed by atoms with E-state index in [1.807, 2.05) is 32.9 Å². The first-order chi connectivity index (χ1) is 9.73. The van der Waals surface area contributed by atoms with Gasteiger partial charge in [0.2, 0.25) is 0 Å². The second-order valence-corrected chi connectivity index (χ2v) is 8.79. The van der Waals surface area contributed by atoms with Gasteiger partial charge in [0.25, 0.3) is 0 Å². The monoisotopic (exact) mass is 306 g/mol. The molecule has 0 heterocycles. The largest absolute Gasteiger partial charge is 0.373 e. The van der Waals surface area contributed by atoms with Crippen molar-refractivity contribution in [1.29, 1.82) is 0 Å². The fourth-order valence-corrected chi connectivity index (χ4v) is 2.36. The van der Waals surface area contributed by atoms with Gasteiger partial charge in [0.15, 0.2) is 0 Å². The molecule has 0 fully saturated rings. The molecule has 0 saturated carbocycles. The van der Waals surface area contributed by atoms with Crippen LogP contribution in [0.4, 0.5) is 0 Å². The van der Waals surface area contributed by atoms with Gasteiger partial charge in [0.1, 0.15) is 5.60 Å². The van der Waals surface area contributed by atoms with Crippen molar-refractivity contribution in [3.8, 4) is 0 Å². The summed E-state index contributed by atoms with van der Waals surface area (Å²) in [5, 5.41) is 0. The summed E-state index contributed by atoms with van der Waals surface area (Å²) in [5.74, 6) is -0.439. The zero-order chi connectivity index (χ0) is 17.3. The van der Waals surface area contributed by atoms with Crippen LogP contribution in [0.5, 0.6) is 0 Å². The molecule has 0 atom stereocenters. The van der Waals surface area contributed by atoms with Crippen LogP contribution < -0.4 is 0 Å². The van der Waals surface area contributed by atoms with E-state index in [2.05, 4.69) is 47.6 Å². The molecule has 0 bridgehead atoms. The molecule has 0 saturated heterocycles. The number of hydrogen-bond donors (Lipinski definition) is 0. The van der Waals surface area contributed by atoms with Crippen LogP contribution in [-0.2, 0) is 20.6 Å². The van der Waals surface area contributed by atoms with Gasteiger partial charge >= 0.3 is 5.97 Å². The third-order valence-electron chi connectivity index (χ3n) is 3.21. The van der Waals surface area contributed by atoms with E-state index in [1.165, 1.54) is 0 Å². The first-order valence-corrected chi connectivity index (χ1v) is 7.77. The predicted octanol–water partition coefficient (Wildman–Crippen LogP) is 5.17. The molecule has 0 aliphatic carbocycles. The lowest BCUT2D eigenvalue weighted by Gasteiger charge is -2.31. The number of carbonyl (C=O) groups is 1. The Kier molecular flexibility index (Phi) is 5.13. The van der Waals surface area contributed by atoms with Crippen LogP contribution in [0.15, 0.2) is 18.2 Å². The lowest BCUT2D eigenvalue weighted by atomic mass is 9.73. The third-order valence-corrected chi connectivity index (χ3v) is 3.21. The van der Waals surface area contributed by atoms with E-state index in [4.69, 9.17) is 9.78 Å². The van der Waals surface area contributed by atoms with E-state index in [1.54, 1.807) is 0 Å². The summed E-state index contributed by atoms with van der Waals surface area (Å²) in [6, 6.07) is 5.80. The molecule has 0 aliphatic rings. The van der Waals surface area contributed by atoms with Crippen LogP contribution in [0.2, 0.25) is 0 Å². The molecule has 1 aromatic carbocycles. The predicted molar refractivity (Wildman–Crippen MR) is 90.1 cm³/mol. The summed E-state index contributed by atoms with van der Waals surface area (Å²) in [7, 11) is 0. The van der Waals surface area contributed by atoms with Crippen LogP contribution >= 0.6 is 0 Å². The van der Waals surface area contributed by atoms with E-state index in [0.29, 0.717) is 5.56 Å². The summed E-state index contributed by atoms with van der Waals surface area (Å²) in [5.41, 5.74) is 2.00. The van der Waals surface area contributed by atoms with Crippen molar-refractivity contribution < 1.29 is 14.6 Å². The molecule has 124 valence electrons. The minimum absolute atomic E-state index is 0.0518. The quantitative estimate of drug-likeness (QED) is 0.558. The molecule has 1 aromatic rings. The minimum atomic E-state index is -0.529. The van der Waals surface area contributed by atoms with Gasteiger partial charge in [-0.2, -0.15) is 4.89 Å². The smallest absolute Gasteiger partial charge is 0.292 e. The first kappa shape index (κ1) is 18.7. The molecule has 0 aliphatic heterocycles. The van der Waals surface area contributed by atoms with Crippen molar-refractivity contribution in [2.24, 2.45) is 0 Å². The van der Waals surface area contributed by atoms with E-state index in [-0.39, 0.29) is 10.8 Å². The van der Waals surface area contributed by atoms with Gasteiger partial charge < -0.3 is 0 Å². The highest BCUT2D eigenvalue weighted by Gasteiger charge is 2.31. The number of hydrogen-bond acceptors (Lipinski definition) is 3. The minimum Gasteiger partial charge on any atom is -0.292 e. The highest BCUT2D eigenvalue weighted by molar-refractivity contribution is 5.91. The van der Waals surface area contributed by atoms with Crippen LogP contribution in [0, 0.1) is 0 Å². The van der Waals surface area contributed by atoms with Gasteiger partial charge in [-0.05, 0) is 48.8 Å².